The van der Waals surface area contributed by atoms with E-state index < -0.39 is 23.4 Å². The van der Waals surface area contributed by atoms with Gasteiger partial charge in [-0.15, -0.1) is 0 Å². The largest absolute Gasteiger partial charge is 0.420 e. The van der Waals surface area contributed by atoms with Crippen LogP contribution in [0.1, 0.15) is 12.5 Å². The zero-order chi connectivity index (χ0) is 19.6. The number of oxazole rings is 1. The molecule has 0 saturated carbocycles. The highest BCUT2D eigenvalue weighted by molar-refractivity contribution is 5.89. The Morgan fingerprint density at radius 3 is 2.63 bits per heavy atom. The molecule has 142 valence electrons. The molecule has 0 unspecified atom stereocenters. The maximum atomic E-state index is 13.3. The highest BCUT2D eigenvalue weighted by Crippen LogP contribution is 2.36. The van der Waals surface area contributed by atoms with E-state index in [1.54, 1.807) is 24.3 Å². The number of rotatable bonds is 5. The first-order valence-electron chi connectivity index (χ1n) is 8.07. The second-order valence-electron chi connectivity index (χ2n) is 5.85. The summed E-state index contributed by atoms with van der Waals surface area (Å²) in [5.41, 5.74) is -0.00693. The Morgan fingerprint density at radius 2 is 1.93 bits per heavy atom. The van der Waals surface area contributed by atoms with Crippen molar-refractivity contribution in [2.75, 3.05) is 17.2 Å². The molecule has 9 heteroatoms. The maximum absolute atomic E-state index is 13.3. The van der Waals surface area contributed by atoms with Crippen molar-refractivity contribution in [1.29, 1.82) is 0 Å². The average molecular weight is 379 g/mol. The smallest absolute Gasteiger partial charge is 0.408 e. The molecule has 0 aliphatic rings. The number of alkyl halides is 3. The standard InChI is InChI=1S/C18H16F3N3O3/c1-11(25)23-12-6-7-14(13(10-12)18(19,20)21)22-8-9-24-15-4-2-3-5-16(15)27-17(24)26/h2-7,10,22H,8-9H2,1H3,(H,23,25). The zero-order valence-corrected chi connectivity index (χ0v) is 14.3. The van der Waals surface area contributed by atoms with Gasteiger partial charge in [0.25, 0.3) is 0 Å². The van der Waals surface area contributed by atoms with Crippen molar-refractivity contribution in [3.63, 3.8) is 0 Å². The molecule has 0 aliphatic carbocycles. The molecule has 1 heterocycles. The Labute approximate surface area is 151 Å². The number of hydrogen-bond donors (Lipinski definition) is 2. The Bertz CT molecular complexity index is 1040. The summed E-state index contributed by atoms with van der Waals surface area (Å²) in [6.07, 6.45) is -4.60. The van der Waals surface area contributed by atoms with E-state index in [-0.39, 0.29) is 24.5 Å². The second kappa shape index (κ2) is 7.18. The van der Waals surface area contributed by atoms with E-state index in [9.17, 15) is 22.8 Å². The van der Waals surface area contributed by atoms with Crippen LogP contribution < -0.4 is 16.4 Å². The summed E-state index contributed by atoms with van der Waals surface area (Å²) in [6.45, 7) is 1.42. The van der Waals surface area contributed by atoms with Crippen molar-refractivity contribution in [3.8, 4) is 0 Å². The lowest BCUT2D eigenvalue weighted by molar-refractivity contribution is -0.137. The molecular formula is C18H16F3N3O3. The fourth-order valence-corrected chi connectivity index (χ4v) is 2.74. The Balaban J connectivity index is 1.80. The predicted octanol–water partition coefficient (Wildman–Crippen LogP) is 3.68. The summed E-state index contributed by atoms with van der Waals surface area (Å²) in [5.74, 6) is -1.04. The van der Waals surface area contributed by atoms with Crippen LogP contribution in [0.25, 0.3) is 11.1 Å². The lowest BCUT2D eigenvalue weighted by Gasteiger charge is -2.16. The van der Waals surface area contributed by atoms with Gasteiger partial charge in [-0.2, -0.15) is 13.2 Å². The number of carbonyl (C=O) groups excluding carboxylic acids is 1. The molecule has 1 aromatic heterocycles. The van der Waals surface area contributed by atoms with Gasteiger partial charge in [-0.05, 0) is 30.3 Å². The van der Waals surface area contributed by atoms with Crippen LogP contribution in [-0.2, 0) is 17.5 Å². The monoisotopic (exact) mass is 379 g/mol. The zero-order valence-electron chi connectivity index (χ0n) is 14.3. The van der Waals surface area contributed by atoms with E-state index in [1.807, 2.05) is 0 Å². The lowest BCUT2D eigenvalue weighted by Crippen LogP contribution is -2.21. The van der Waals surface area contributed by atoms with Gasteiger partial charge in [-0.25, -0.2) is 4.79 Å². The quantitative estimate of drug-likeness (QED) is 0.709. The summed E-state index contributed by atoms with van der Waals surface area (Å²) in [5, 5.41) is 5.02. The minimum absolute atomic E-state index is 0.0532. The summed E-state index contributed by atoms with van der Waals surface area (Å²) >= 11 is 0. The van der Waals surface area contributed by atoms with Crippen LogP contribution in [-0.4, -0.2) is 17.0 Å². The number of nitrogens with zero attached hydrogens (tertiary/aromatic N) is 1. The van der Waals surface area contributed by atoms with E-state index in [0.717, 1.165) is 6.07 Å². The number of hydrogen-bond acceptors (Lipinski definition) is 4. The molecule has 0 saturated heterocycles. The lowest BCUT2D eigenvalue weighted by atomic mass is 10.1. The first-order valence-corrected chi connectivity index (χ1v) is 8.07. The molecular weight excluding hydrogens is 363 g/mol. The van der Waals surface area contributed by atoms with Gasteiger partial charge in [0.15, 0.2) is 5.58 Å². The number of halogens is 3. The first-order chi connectivity index (χ1) is 12.8. The van der Waals surface area contributed by atoms with E-state index in [1.165, 1.54) is 23.6 Å². The van der Waals surface area contributed by atoms with Gasteiger partial charge in [0, 0.05) is 31.4 Å². The number of aromatic nitrogens is 1. The number of nitrogens with one attached hydrogen (secondary N) is 2. The molecule has 0 bridgehead atoms. The van der Waals surface area contributed by atoms with Crippen LogP contribution in [0.3, 0.4) is 0 Å². The van der Waals surface area contributed by atoms with Crippen LogP contribution in [0.4, 0.5) is 24.5 Å². The highest BCUT2D eigenvalue weighted by atomic mass is 19.4. The SMILES string of the molecule is CC(=O)Nc1ccc(NCCn2c(=O)oc3ccccc32)c(C(F)(F)F)c1. The molecule has 0 atom stereocenters. The molecule has 2 aromatic carbocycles. The summed E-state index contributed by atoms with van der Waals surface area (Å²) < 4.78 is 46.4. The van der Waals surface area contributed by atoms with Gasteiger partial charge in [-0.1, -0.05) is 12.1 Å². The first kappa shape index (κ1) is 18.6. The highest BCUT2D eigenvalue weighted by Gasteiger charge is 2.33. The number of amides is 1. The number of fused-ring (bicyclic) bond motifs is 1. The molecule has 2 N–H and O–H groups in total. The van der Waals surface area contributed by atoms with Crippen molar-refractivity contribution in [3.05, 3.63) is 58.6 Å². The fourth-order valence-electron chi connectivity index (χ4n) is 2.74. The van der Waals surface area contributed by atoms with Crippen molar-refractivity contribution < 1.29 is 22.4 Å². The van der Waals surface area contributed by atoms with Gasteiger partial charge in [0.1, 0.15) is 0 Å². The van der Waals surface area contributed by atoms with Crippen LogP contribution in [0, 0.1) is 0 Å². The maximum Gasteiger partial charge on any atom is 0.420 e. The summed E-state index contributed by atoms with van der Waals surface area (Å²) in [6, 6.07) is 10.3. The number of anilines is 2. The van der Waals surface area contributed by atoms with Gasteiger partial charge in [0.05, 0.1) is 11.1 Å². The van der Waals surface area contributed by atoms with Gasteiger partial charge >= 0.3 is 11.9 Å². The van der Waals surface area contributed by atoms with Gasteiger partial charge in [0.2, 0.25) is 5.91 Å². The number of benzene rings is 2. The summed E-state index contributed by atoms with van der Waals surface area (Å²) in [4.78, 5) is 23.0. The minimum atomic E-state index is -4.60. The van der Waals surface area contributed by atoms with E-state index in [2.05, 4.69) is 10.6 Å². The number of para-hydroxylation sites is 2. The minimum Gasteiger partial charge on any atom is -0.408 e. The Morgan fingerprint density at radius 1 is 1.19 bits per heavy atom. The van der Waals surface area contributed by atoms with Crippen molar-refractivity contribution in [2.24, 2.45) is 0 Å². The van der Waals surface area contributed by atoms with Crippen LogP contribution in [0.5, 0.6) is 0 Å². The summed E-state index contributed by atoms with van der Waals surface area (Å²) in [7, 11) is 0. The number of carbonyl (C=O) groups is 1. The average Bonchev–Trinajstić information content (AvgIpc) is 2.90. The van der Waals surface area contributed by atoms with Crippen LogP contribution in [0.15, 0.2) is 51.7 Å². The van der Waals surface area contributed by atoms with Gasteiger partial charge < -0.3 is 15.1 Å². The second-order valence-corrected chi connectivity index (χ2v) is 5.85. The Kier molecular flexibility index (Phi) is 4.93. The van der Waals surface area contributed by atoms with Crippen molar-refractivity contribution >= 4 is 28.4 Å². The third kappa shape index (κ3) is 4.13. The molecule has 3 aromatic rings. The molecule has 0 spiro atoms. The topological polar surface area (TPSA) is 76.3 Å². The third-order valence-corrected chi connectivity index (χ3v) is 3.87. The normalized spacial score (nSPS) is 11.6. The van der Waals surface area contributed by atoms with E-state index >= 15 is 0 Å². The van der Waals surface area contributed by atoms with Crippen molar-refractivity contribution in [1.82, 2.24) is 4.57 Å². The van der Waals surface area contributed by atoms with E-state index in [0.29, 0.717) is 11.1 Å². The van der Waals surface area contributed by atoms with Crippen LogP contribution in [0.2, 0.25) is 0 Å². The molecule has 27 heavy (non-hydrogen) atoms. The predicted molar refractivity (Wildman–Crippen MR) is 94.7 cm³/mol. The van der Waals surface area contributed by atoms with E-state index in [4.69, 9.17) is 4.42 Å². The fraction of sp³-hybridized carbons (Fsp3) is 0.222. The molecule has 6 nitrogen and oxygen atoms in total. The Hall–Kier alpha value is -3.23. The molecule has 0 fully saturated rings. The molecule has 3 rings (SSSR count). The molecule has 0 aliphatic heterocycles. The molecule has 0 radical (unpaired) electrons. The van der Waals surface area contributed by atoms with Gasteiger partial charge in [-0.3, -0.25) is 9.36 Å². The van der Waals surface area contributed by atoms with Crippen molar-refractivity contribution in [2.45, 2.75) is 19.6 Å². The molecule has 1 amide bonds. The van der Waals surface area contributed by atoms with Crippen LogP contribution >= 0.6 is 0 Å². The third-order valence-electron chi connectivity index (χ3n) is 3.87.